The standard InChI is InChI=1S/C24H21FN8O/c1-31(2)23(34)14-33-13-18(11-27-33)15-4-6-16(7-5-15)21-12-26-10-17-8-22(25)20(9-19(17)21)24-28-30-32(3)29-24/h4-13H,14H2,1-3H3. The third-order valence-corrected chi connectivity index (χ3v) is 5.55. The van der Waals surface area contributed by atoms with Crippen LogP contribution >= 0.6 is 0 Å². The van der Waals surface area contributed by atoms with Crippen molar-refractivity contribution in [3.8, 4) is 33.6 Å². The Labute approximate surface area is 194 Å². The van der Waals surface area contributed by atoms with Crippen molar-refractivity contribution >= 4 is 16.7 Å². The van der Waals surface area contributed by atoms with E-state index in [0.717, 1.165) is 27.6 Å². The van der Waals surface area contributed by atoms with Crippen molar-refractivity contribution in [1.29, 1.82) is 0 Å². The van der Waals surface area contributed by atoms with Gasteiger partial charge in [-0.1, -0.05) is 24.3 Å². The topological polar surface area (TPSA) is 94.6 Å². The Morgan fingerprint density at radius 2 is 1.76 bits per heavy atom. The lowest BCUT2D eigenvalue weighted by atomic mass is 9.97. The summed E-state index contributed by atoms with van der Waals surface area (Å²) in [5.74, 6) is -0.231. The van der Waals surface area contributed by atoms with Gasteiger partial charge in [-0.05, 0) is 33.9 Å². The molecule has 0 aliphatic rings. The first kappa shape index (κ1) is 21.4. The molecule has 0 spiro atoms. The zero-order chi connectivity index (χ0) is 23.8. The second kappa shape index (κ2) is 8.47. The van der Waals surface area contributed by atoms with Crippen molar-refractivity contribution in [1.82, 2.24) is 39.9 Å². The number of carbonyl (C=O) groups excluding carboxylic acids is 1. The molecule has 0 radical (unpaired) electrons. The zero-order valence-corrected chi connectivity index (χ0v) is 18.8. The number of fused-ring (bicyclic) bond motifs is 1. The van der Waals surface area contributed by atoms with E-state index in [1.807, 2.05) is 30.5 Å². The first-order valence-corrected chi connectivity index (χ1v) is 10.5. The third kappa shape index (κ3) is 4.01. The summed E-state index contributed by atoms with van der Waals surface area (Å²) in [4.78, 5) is 19.1. The van der Waals surface area contributed by atoms with Gasteiger partial charge in [0, 0.05) is 49.2 Å². The lowest BCUT2D eigenvalue weighted by molar-refractivity contribution is -0.129. The summed E-state index contributed by atoms with van der Waals surface area (Å²) in [7, 11) is 5.07. The van der Waals surface area contributed by atoms with Crippen LogP contribution in [-0.2, 0) is 18.4 Å². The van der Waals surface area contributed by atoms with E-state index < -0.39 is 5.82 Å². The Morgan fingerprint density at radius 1 is 1.00 bits per heavy atom. The van der Waals surface area contributed by atoms with E-state index in [4.69, 9.17) is 0 Å². The van der Waals surface area contributed by atoms with Crippen molar-refractivity contribution < 1.29 is 9.18 Å². The van der Waals surface area contributed by atoms with Crippen LogP contribution in [0.25, 0.3) is 44.4 Å². The number of carbonyl (C=O) groups is 1. The quantitative estimate of drug-likeness (QED) is 0.403. The molecule has 0 aliphatic carbocycles. The van der Waals surface area contributed by atoms with E-state index in [9.17, 15) is 9.18 Å². The summed E-state index contributed by atoms with van der Waals surface area (Å²) in [6.07, 6.45) is 6.97. The molecule has 0 bridgehead atoms. The number of aryl methyl sites for hydroxylation is 1. The second-order valence-electron chi connectivity index (χ2n) is 8.13. The van der Waals surface area contributed by atoms with Gasteiger partial charge in [-0.15, -0.1) is 10.2 Å². The van der Waals surface area contributed by atoms with Gasteiger partial charge in [0.05, 0.1) is 18.8 Å². The van der Waals surface area contributed by atoms with Crippen molar-refractivity contribution in [2.24, 2.45) is 7.05 Å². The van der Waals surface area contributed by atoms with Gasteiger partial charge in [0.15, 0.2) is 0 Å². The fourth-order valence-electron chi connectivity index (χ4n) is 3.71. The Kier molecular flexibility index (Phi) is 5.33. The number of aromatic nitrogens is 7. The smallest absolute Gasteiger partial charge is 0.243 e. The summed E-state index contributed by atoms with van der Waals surface area (Å²) < 4.78 is 16.4. The van der Waals surface area contributed by atoms with Crippen LogP contribution in [0.3, 0.4) is 0 Å². The molecular weight excluding hydrogens is 435 g/mol. The Morgan fingerprint density at radius 3 is 2.47 bits per heavy atom. The average Bonchev–Trinajstić information content (AvgIpc) is 3.47. The van der Waals surface area contributed by atoms with Crippen molar-refractivity contribution in [3.63, 3.8) is 0 Å². The Bertz CT molecular complexity index is 1500. The number of hydrogen-bond donors (Lipinski definition) is 0. The highest BCUT2D eigenvalue weighted by Crippen LogP contribution is 2.33. The van der Waals surface area contributed by atoms with Gasteiger partial charge in [-0.3, -0.25) is 14.5 Å². The van der Waals surface area contributed by atoms with Crippen molar-refractivity contribution in [2.45, 2.75) is 6.54 Å². The van der Waals surface area contributed by atoms with Gasteiger partial charge in [-0.2, -0.15) is 9.90 Å². The minimum Gasteiger partial charge on any atom is -0.347 e. The SMILES string of the molecule is CN(C)C(=O)Cn1cc(-c2ccc(-c3cncc4cc(F)c(-c5nnn(C)n5)cc34)cc2)cn1. The predicted octanol–water partition coefficient (Wildman–Crippen LogP) is 3.18. The summed E-state index contributed by atoms with van der Waals surface area (Å²) in [6, 6.07) is 11.1. The number of benzene rings is 2. The monoisotopic (exact) mass is 456 g/mol. The van der Waals surface area contributed by atoms with E-state index in [1.54, 1.807) is 50.5 Å². The first-order valence-electron chi connectivity index (χ1n) is 10.5. The van der Waals surface area contributed by atoms with Crippen LogP contribution in [0.5, 0.6) is 0 Å². The van der Waals surface area contributed by atoms with Gasteiger partial charge >= 0.3 is 0 Å². The predicted molar refractivity (Wildman–Crippen MR) is 125 cm³/mol. The molecule has 0 saturated heterocycles. The first-order chi connectivity index (χ1) is 16.4. The zero-order valence-electron chi connectivity index (χ0n) is 18.8. The summed E-state index contributed by atoms with van der Waals surface area (Å²) in [6.45, 7) is 0.187. The van der Waals surface area contributed by atoms with Gasteiger partial charge in [-0.25, -0.2) is 4.39 Å². The molecule has 0 saturated carbocycles. The van der Waals surface area contributed by atoms with Crippen LogP contribution in [0.1, 0.15) is 0 Å². The number of likely N-dealkylation sites (N-methyl/N-ethyl adjacent to an activating group) is 1. The van der Waals surface area contributed by atoms with Crippen molar-refractivity contribution in [2.75, 3.05) is 14.1 Å². The molecule has 0 unspecified atom stereocenters. The molecule has 0 fully saturated rings. The Hall–Kier alpha value is -4.47. The molecule has 0 aliphatic heterocycles. The maximum absolute atomic E-state index is 14.7. The van der Waals surface area contributed by atoms with E-state index in [1.165, 1.54) is 15.8 Å². The number of amides is 1. The van der Waals surface area contributed by atoms with Gasteiger partial charge < -0.3 is 4.90 Å². The van der Waals surface area contributed by atoms with Gasteiger partial charge in [0.2, 0.25) is 11.7 Å². The summed E-state index contributed by atoms with van der Waals surface area (Å²) in [5.41, 5.74) is 3.95. The highest BCUT2D eigenvalue weighted by molar-refractivity contribution is 5.98. The molecule has 3 heterocycles. The molecule has 1 amide bonds. The third-order valence-electron chi connectivity index (χ3n) is 5.55. The summed E-state index contributed by atoms with van der Waals surface area (Å²) in [5, 5.41) is 17.7. The molecule has 10 heteroatoms. The molecule has 170 valence electrons. The molecule has 0 atom stereocenters. The molecule has 3 aromatic heterocycles. The number of halogens is 1. The highest BCUT2D eigenvalue weighted by Gasteiger charge is 2.15. The fraction of sp³-hybridized carbons (Fsp3) is 0.167. The average molecular weight is 456 g/mol. The van der Waals surface area contributed by atoms with Gasteiger partial charge in [0.1, 0.15) is 12.4 Å². The maximum Gasteiger partial charge on any atom is 0.243 e. The van der Waals surface area contributed by atoms with Crippen LogP contribution in [-0.4, -0.2) is 59.9 Å². The molecule has 5 aromatic rings. The number of tetrazole rings is 1. The van der Waals surface area contributed by atoms with Gasteiger partial charge in [0.25, 0.3) is 0 Å². The number of nitrogens with zero attached hydrogens (tertiary/aromatic N) is 8. The van der Waals surface area contributed by atoms with Crippen LogP contribution in [0, 0.1) is 5.82 Å². The van der Waals surface area contributed by atoms with Crippen LogP contribution in [0.4, 0.5) is 4.39 Å². The fourth-order valence-corrected chi connectivity index (χ4v) is 3.71. The van der Waals surface area contributed by atoms with E-state index in [-0.39, 0.29) is 23.8 Å². The number of pyridine rings is 1. The maximum atomic E-state index is 14.7. The van der Waals surface area contributed by atoms with E-state index in [0.29, 0.717) is 5.39 Å². The van der Waals surface area contributed by atoms with Crippen LogP contribution in [0.2, 0.25) is 0 Å². The Balaban J connectivity index is 1.49. The van der Waals surface area contributed by atoms with Crippen molar-refractivity contribution in [3.05, 3.63) is 67.0 Å². The second-order valence-corrected chi connectivity index (χ2v) is 8.13. The normalized spacial score (nSPS) is 11.2. The summed E-state index contributed by atoms with van der Waals surface area (Å²) >= 11 is 0. The molecule has 0 N–H and O–H groups in total. The number of rotatable bonds is 5. The molecule has 34 heavy (non-hydrogen) atoms. The largest absolute Gasteiger partial charge is 0.347 e. The minimum atomic E-state index is -0.431. The van der Waals surface area contributed by atoms with E-state index in [2.05, 4.69) is 25.5 Å². The molecule has 2 aromatic carbocycles. The van der Waals surface area contributed by atoms with Crippen LogP contribution < -0.4 is 0 Å². The molecular formula is C24H21FN8O. The van der Waals surface area contributed by atoms with E-state index >= 15 is 0 Å². The lowest BCUT2D eigenvalue weighted by Crippen LogP contribution is -2.26. The lowest BCUT2D eigenvalue weighted by Gasteiger charge is -2.10. The van der Waals surface area contributed by atoms with Crippen LogP contribution in [0.15, 0.2) is 61.2 Å². The molecule has 5 rings (SSSR count). The highest BCUT2D eigenvalue weighted by atomic mass is 19.1. The molecule has 9 nitrogen and oxygen atoms in total. The number of hydrogen-bond acceptors (Lipinski definition) is 6. The minimum absolute atomic E-state index is 0.0269.